The number of nitrogens with zero attached hydrogens (tertiary/aromatic N) is 1. The number of hydrogen-bond acceptors (Lipinski definition) is 3. The van der Waals surface area contributed by atoms with E-state index in [0.717, 1.165) is 30.7 Å². The van der Waals surface area contributed by atoms with E-state index in [0.29, 0.717) is 42.5 Å². The van der Waals surface area contributed by atoms with Crippen LogP contribution in [0, 0.1) is 11.8 Å². The van der Waals surface area contributed by atoms with Crippen LogP contribution < -0.4 is 9.64 Å². The summed E-state index contributed by atoms with van der Waals surface area (Å²) in [5, 5.41) is 9.09. The van der Waals surface area contributed by atoms with Crippen molar-refractivity contribution < 1.29 is 27.8 Å². The fraction of sp³-hybridized carbons (Fsp3) is 0.458. The zero-order valence-corrected chi connectivity index (χ0v) is 17.2. The third-order valence-corrected chi connectivity index (χ3v) is 6.26. The molecule has 0 spiro atoms. The monoisotopic (exact) mass is 433 g/mol. The summed E-state index contributed by atoms with van der Waals surface area (Å²) in [6.07, 6.45) is 1.30. The van der Waals surface area contributed by atoms with Crippen LogP contribution in [-0.4, -0.2) is 30.8 Å². The molecule has 2 fully saturated rings. The molecule has 1 saturated carbocycles. The number of benzene rings is 2. The molecule has 7 heteroatoms. The molecule has 0 atom stereocenters. The lowest BCUT2D eigenvalue weighted by Gasteiger charge is -2.38. The van der Waals surface area contributed by atoms with Crippen molar-refractivity contribution in [2.24, 2.45) is 11.8 Å². The van der Waals surface area contributed by atoms with Gasteiger partial charge in [-0.25, -0.2) is 0 Å². The Kier molecular flexibility index (Phi) is 6.12. The molecule has 0 radical (unpaired) electrons. The van der Waals surface area contributed by atoms with Gasteiger partial charge in [0.2, 0.25) is 0 Å². The van der Waals surface area contributed by atoms with Crippen LogP contribution in [0.5, 0.6) is 5.75 Å². The first-order valence-electron chi connectivity index (χ1n) is 10.7. The predicted molar refractivity (Wildman–Crippen MR) is 112 cm³/mol. The third kappa shape index (κ3) is 4.97. The second-order valence-electron chi connectivity index (χ2n) is 8.51. The van der Waals surface area contributed by atoms with Crippen molar-refractivity contribution in [1.29, 1.82) is 0 Å². The summed E-state index contributed by atoms with van der Waals surface area (Å²) >= 11 is 0. The Bertz CT molecular complexity index is 932. The number of halogens is 3. The molecule has 1 N–H and O–H groups in total. The Morgan fingerprint density at radius 2 is 1.81 bits per heavy atom. The van der Waals surface area contributed by atoms with Gasteiger partial charge in [0, 0.05) is 24.3 Å². The average molecular weight is 433 g/mol. The number of carboxylic acid groups (broad SMARTS) is 1. The molecule has 1 saturated heterocycles. The molecule has 2 aromatic carbocycles. The van der Waals surface area contributed by atoms with Gasteiger partial charge in [-0.2, -0.15) is 13.2 Å². The van der Waals surface area contributed by atoms with E-state index >= 15 is 0 Å². The number of carbonyl (C=O) groups is 1. The number of aliphatic carboxylic acids is 1. The molecule has 4 rings (SSSR count). The van der Waals surface area contributed by atoms with Gasteiger partial charge in [0.15, 0.2) is 0 Å². The SMILES string of the molecule is O=C(O)C1CN(c2cccc(-c3cc(C(F)(F)F)ccc3OCC3CCCCC3)c2)C1. The van der Waals surface area contributed by atoms with Gasteiger partial charge < -0.3 is 14.7 Å². The molecule has 4 nitrogen and oxygen atoms in total. The Labute approximate surface area is 179 Å². The van der Waals surface area contributed by atoms with E-state index in [9.17, 15) is 18.0 Å². The molecule has 166 valence electrons. The molecule has 2 aromatic rings. The molecule has 0 unspecified atom stereocenters. The van der Waals surface area contributed by atoms with Gasteiger partial charge in [-0.3, -0.25) is 4.79 Å². The fourth-order valence-corrected chi connectivity index (χ4v) is 4.33. The zero-order chi connectivity index (χ0) is 22.0. The fourth-order valence-electron chi connectivity index (χ4n) is 4.33. The van der Waals surface area contributed by atoms with Crippen molar-refractivity contribution in [1.82, 2.24) is 0 Å². The van der Waals surface area contributed by atoms with Crippen LogP contribution in [0.25, 0.3) is 11.1 Å². The van der Waals surface area contributed by atoms with Gasteiger partial charge in [-0.15, -0.1) is 0 Å². The first-order valence-corrected chi connectivity index (χ1v) is 10.7. The van der Waals surface area contributed by atoms with Crippen molar-refractivity contribution in [3.8, 4) is 16.9 Å². The topological polar surface area (TPSA) is 49.8 Å². The summed E-state index contributed by atoms with van der Waals surface area (Å²) in [5.74, 6) is -0.359. The standard InChI is InChI=1S/C24H26F3NO3/c25-24(26,27)19-9-10-22(31-15-16-5-2-1-3-6-16)21(12-19)17-7-4-8-20(11-17)28-13-18(14-28)23(29)30/h4,7-12,16,18H,1-3,5-6,13-15H2,(H,29,30). The second-order valence-corrected chi connectivity index (χ2v) is 8.51. The Morgan fingerprint density at radius 1 is 1.06 bits per heavy atom. The smallest absolute Gasteiger partial charge is 0.416 e. The summed E-state index contributed by atoms with van der Waals surface area (Å²) in [5.41, 5.74) is 1.11. The predicted octanol–water partition coefficient (Wildman–Crippen LogP) is 5.85. The summed E-state index contributed by atoms with van der Waals surface area (Å²) in [6.45, 7) is 1.29. The van der Waals surface area contributed by atoms with Crippen molar-refractivity contribution in [2.45, 2.75) is 38.3 Å². The van der Waals surface area contributed by atoms with E-state index in [1.807, 2.05) is 11.0 Å². The lowest BCUT2D eigenvalue weighted by atomic mass is 9.90. The van der Waals surface area contributed by atoms with E-state index in [1.165, 1.54) is 25.3 Å². The summed E-state index contributed by atoms with van der Waals surface area (Å²) in [4.78, 5) is 13.0. The van der Waals surface area contributed by atoms with Crippen molar-refractivity contribution in [2.75, 3.05) is 24.6 Å². The number of alkyl halides is 3. The highest BCUT2D eigenvalue weighted by atomic mass is 19.4. The maximum Gasteiger partial charge on any atom is 0.416 e. The largest absolute Gasteiger partial charge is 0.493 e. The van der Waals surface area contributed by atoms with E-state index < -0.39 is 23.6 Å². The second kappa shape index (κ2) is 8.81. The van der Waals surface area contributed by atoms with E-state index in [-0.39, 0.29) is 0 Å². The normalized spacial score (nSPS) is 18.0. The molecular weight excluding hydrogens is 407 g/mol. The Hall–Kier alpha value is -2.70. The van der Waals surface area contributed by atoms with Crippen LogP contribution in [0.4, 0.5) is 18.9 Å². The summed E-state index contributed by atoms with van der Waals surface area (Å²) < 4.78 is 46.2. The lowest BCUT2D eigenvalue weighted by Crippen LogP contribution is -2.50. The number of rotatable bonds is 6. The van der Waals surface area contributed by atoms with E-state index in [1.54, 1.807) is 18.2 Å². The minimum Gasteiger partial charge on any atom is -0.493 e. The molecule has 1 aliphatic carbocycles. The number of ether oxygens (including phenoxy) is 1. The van der Waals surface area contributed by atoms with Gasteiger partial charge in [-0.05, 0) is 54.7 Å². The molecular formula is C24H26F3NO3. The Balaban J connectivity index is 1.60. The third-order valence-electron chi connectivity index (χ3n) is 6.26. The number of anilines is 1. The molecule has 1 heterocycles. The van der Waals surface area contributed by atoms with Gasteiger partial charge in [0.25, 0.3) is 0 Å². The van der Waals surface area contributed by atoms with Gasteiger partial charge in [0.1, 0.15) is 5.75 Å². The van der Waals surface area contributed by atoms with Crippen molar-refractivity contribution >= 4 is 11.7 Å². The molecule has 1 aliphatic heterocycles. The highest BCUT2D eigenvalue weighted by Gasteiger charge is 2.33. The molecule has 0 bridgehead atoms. The van der Waals surface area contributed by atoms with E-state index in [4.69, 9.17) is 9.84 Å². The van der Waals surface area contributed by atoms with Crippen molar-refractivity contribution in [3.05, 3.63) is 48.0 Å². The van der Waals surface area contributed by atoms with Crippen LogP contribution >= 0.6 is 0 Å². The minimum absolute atomic E-state index is 0.395. The van der Waals surface area contributed by atoms with Crippen LogP contribution in [0.3, 0.4) is 0 Å². The zero-order valence-electron chi connectivity index (χ0n) is 17.2. The van der Waals surface area contributed by atoms with Crippen LogP contribution in [0.2, 0.25) is 0 Å². The van der Waals surface area contributed by atoms with E-state index in [2.05, 4.69) is 0 Å². The Morgan fingerprint density at radius 3 is 2.48 bits per heavy atom. The first-order chi connectivity index (χ1) is 14.8. The van der Waals surface area contributed by atoms with Crippen LogP contribution in [0.15, 0.2) is 42.5 Å². The lowest BCUT2D eigenvalue weighted by molar-refractivity contribution is -0.142. The first kappa shape index (κ1) is 21.5. The quantitative estimate of drug-likeness (QED) is 0.621. The van der Waals surface area contributed by atoms with Crippen LogP contribution in [-0.2, 0) is 11.0 Å². The molecule has 0 aromatic heterocycles. The highest BCUT2D eigenvalue weighted by Crippen LogP contribution is 2.39. The van der Waals surface area contributed by atoms with Crippen LogP contribution in [0.1, 0.15) is 37.7 Å². The maximum absolute atomic E-state index is 13.4. The average Bonchev–Trinajstić information content (AvgIpc) is 2.71. The van der Waals surface area contributed by atoms with Gasteiger partial charge >= 0.3 is 12.1 Å². The molecule has 0 amide bonds. The number of hydrogen-bond donors (Lipinski definition) is 1. The van der Waals surface area contributed by atoms with Gasteiger partial charge in [0.05, 0.1) is 18.1 Å². The van der Waals surface area contributed by atoms with Crippen molar-refractivity contribution in [3.63, 3.8) is 0 Å². The molecule has 31 heavy (non-hydrogen) atoms. The summed E-state index contributed by atoms with van der Waals surface area (Å²) in [7, 11) is 0. The minimum atomic E-state index is -4.44. The van der Waals surface area contributed by atoms with Gasteiger partial charge in [-0.1, -0.05) is 31.4 Å². The maximum atomic E-state index is 13.4. The summed E-state index contributed by atoms with van der Waals surface area (Å²) in [6, 6.07) is 10.8. The highest BCUT2D eigenvalue weighted by molar-refractivity contribution is 5.77. The molecule has 2 aliphatic rings. The number of carboxylic acids is 1.